The lowest BCUT2D eigenvalue weighted by Gasteiger charge is -2.17. The molecule has 18 heavy (non-hydrogen) atoms. The third-order valence-electron chi connectivity index (χ3n) is 2.80. The Morgan fingerprint density at radius 2 is 1.78 bits per heavy atom. The predicted molar refractivity (Wildman–Crippen MR) is 79.5 cm³/mol. The number of halogens is 2. The van der Waals surface area contributed by atoms with Gasteiger partial charge < -0.3 is 0 Å². The molecule has 2 nitrogen and oxygen atoms in total. The van der Waals surface area contributed by atoms with Crippen LogP contribution in [0.5, 0.6) is 0 Å². The number of hydrogen-bond acceptors (Lipinski definition) is 2. The smallest absolute Gasteiger partial charge is 0.0711 e. The maximum absolute atomic E-state index is 6.07. The van der Waals surface area contributed by atoms with Gasteiger partial charge in [-0.2, -0.15) is 0 Å². The van der Waals surface area contributed by atoms with Gasteiger partial charge in [-0.05, 0) is 36.2 Å². The summed E-state index contributed by atoms with van der Waals surface area (Å²) >= 11 is 9.51. The first kappa shape index (κ1) is 13.6. The maximum Gasteiger partial charge on any atom is 0.0711 e. The summed E-state index contributed by atoms with van der Waals surface area (Å²) in [7, 11) is 0. The van der Waals surface area contributed by atoms with Crippen LogP contribution in [0.25, 0.3) is 0 Å². The molecule has 3 N–H and O–H groups in total. The van der Waals surface area contributed by atoms with Crippen LogP contribution in [0.3, 0.4) is 0 Å². The summed E-state index contributed by atoms with van der Waals surface area (Å²) in [6.07, 6.45) is 0. The Hall–Kier alpha value is -0.870. The number of rotatable bonds is 3. The molecular formula is C14H14BrClN2. The predicted octanol–water partition coefficient (Wildman–Crippen LogP) is 3.96. The molecule has 2 aromatic rings. The summed E-state index contributed by atoms with van der Waals surface area (Å²) < 4.78 is 0.942. The average molecular weight is 326 g/mol. The van der Waals surface area contributed by atoms with Crippen molar-refractivity contribution in [3.8, 4) is 0 Å². The van der Waals surface area contributed by atoms with Gasteiger partial charge >= 0.3 is 0 Å². The molecule has 2 aromatic carbocycles. The number of nitrogens with two attached hydrogens (primary N) is 1. The van der Waals surface area contributed by atoms with Crippen LogP contribution in [0.4, 0.5) is 0 Å². The van der Waals surface area contributed by atoms with Gasteiger partial charge in [-0.3, -0.25) is 5.84 Å². The van der Waals surface area contributed by atoms with Crippen molar-refractivity contribution in [2.75, 3.05) is 0 Å². The van der Waals surface area contributed by atoms with Crippen molar-refractivity contribution in [2.24, 2.45) is 5.84 Å². The van der Waals surface area contributed by atoms with E-state index < -0.39 is 0 Å². The molecule has 0 aliphatic carbocycles. The summed E-state index contributed by atoms with van der Waals surface area (Å²) in [6.45, 7) is 2.06. The van der Waals surface area contributed by atoms with Crippen LogP contribution in [-0.2, 0) is 0 Å². The molecule has 0 bridgehead atoms. The second-order valence-corrected chi connectivity index (χ2v) is 5.57. The van der Waals surface area contributed by atoms with Crippen LogP contribution in [-0.4, -0.2) is 0 Å². The van der Waals surface area contributed by atoms with E-state index in [1.807, 2.05) is 18.2 Å². The molecule has 0 amide bonds. The van der Waals surface area contributed by atoms with Gasteiger partial charge in [0.05, 0.1) is 6.04 Å². The summed E-state index contributed by atoms with van der Waals surface area (Å²) in [6, 6.07) is 14.0. The zero-order valence-electron chi connectivity index (χ0n) is 9.95. The highest BCUT2D eigenvalue weighted by molar-refractivity contribution is 9.10. The maximum atomic E-state index is 6.07. The minimum atomic E-state index is -0.0689. The molecule has 0 heterocycles. The zero-order valence-corrected chi connectivity index (χ0v) is 12.3. The zero-order chi connectivity index (χ0) is 13.1. The fourth-order valence-corrected chi connectivity index (χ4v) is 2.77. The largest absolute Gasteiger partial charge is 0.271 e. The van der Waals surface area contributed by atoms with Gasteiger partial charge in [-0.25, -0.2) is 5.43 Å². The van der Waals surface area contributed by atoms with E-state index in [0.29, 0.717) is 5.02 Å². The number of benzene rings is 2. The Balaban J connectivity index is 2.41. The molecular weight excluding hydrogens is 312 g/mol. The number of hydrogen-bond donors (Lipinski definition) is 2. The molecule has 4 heteroatoms. The first-order chi connectivity index (χ1) is 8.60. The van der Waals surface area contributed by atoms with Crippen LogP contribution in [0, 0.1) is 6.92 Å². The second kappa shape index (κ2) is 5.85. The Bertz CT molecular complexity index is 520. The van der Waals surface area contributed by atoms with Crippen molar-refractivity contribution in [1.29, 1.82) is 0 Å². The highest BCUT2D eigenvalue weighted by Crippen LogP contribution is 2.27. The van der Waals surface area contributed by atoms with Crippen LogP contribution in [0.15, 0.2) is 46.9 Å². The monoisotopic (exact) mass is 324 g/mol. The first-order valence-electron chi connectivity index (χ1n) is 5.59. The SMILES string of the molecule is Cc1ccc(C(NN)c2cc(Cl)cc(Br)c2)cc1. The van der Waals surface area contributed by atoms with E-state index in [4.69, 9.17) is 17.4 Å². The molecule has 0 saturated carbocycles. The molecule has 0 aromatic heterocycles. The molecule has 1 unspecified atom stereocenters. The van der Waals surface area contributed by atoms with Crippen molar-refractivity contribution >= 4 is 27.5 Å². The molecule has 1 atom stereocenters. The molecule has 94 valence electrons. The number of hydrazine groups is 1. The van der Waals surface area contributed by atoms with E-state index in [1.54, 1.807) is 0 Å². The van der Waals surface area contributed by atoms with E-state index in [2.05, 4.69) is 52.5 Å². The van der Waals surface area contributed by atoms with Gasteiger partial charge in [0, 0.05) is 9.50 Å². The molecule has 0 fully saturated rings. The van der Waals surface area contributed by atoms with Crippen LogP contribution >= 0.6 is 27.5 Å². The minimum Gasteiger partial charge on any atom is -0.271 e. The minimum absolute atomic E-state index is 0.0689. The normalized spacial score (nSPS) is 12.4. The van der Waals surface area contributed by atoms with Crippen LogP contribution in [0.1, 0.15) is 22.7 Å². The summed E-state index contributed by atoms with van der Waals surface area (Å²) in [5.74, 6) is 5.67. The lowest BCUT2D eigenvalue weighted by Crippen LogP contribution is -2.28. The standard InChI is InChI=1S/C14H14BrClN2/c1-9-2-4-10(5-3-9)14(18-17)11-6-12(15)8-13(16)7-11/h2-8,14,18H,17H2,1H3. The Morgan fingerprint density at radius 1 is 1.11 bits per heavy atom. The van der Waals surface area contributed by atoms with E-state index in [9.17, 15) is 0 Å². The molecule has 0 aliphatic heterocycles. The third kappa shape index (κ3) is 3.12. The van der Waals surface area contributed by atoms with Crippen molar-refractivity contribution in [3.05, 3.63) is 68.7 Å². The lowest BCUT2D eigenvalue weighted by atomic mass is 9.98. The quantitative estimate of drug-likeness (QED) is 0.662. The van der Waals surface area contributed by atoms with E-state index in [-0.39, 0.29) is 6.04 Å². The molecule has 2 rings (SSSR count). The molecule has 0 radical (unpaired) electrons. The first-order valence-corrected chi connectivity index (χ1v) is 6.76. The van der Waals surface area contributed by atoms with Crippen molar-refractivity contribution in [2.45, 2.75) is 13.0 Å². The average Bonchev–Trinajstić information content (AvgIpc) is 2.31. The molecule has 0 aliphatic rings. The Labute approximate surface area is 120 Å². The fraction of sp³-hybridized carbons (Fsp3) is 0.143. The van der Waals surface area contributed by atoms with Crippen molar-refractivity contribution < 1.29 is 0 Å². The lowest BCUT2D eigenvalue weighted by molar-refractivity contribution is 0.636. The summed E-state index contributed by atoms with van der Waals surface area (Å²) in [5, 5.41) is 0.687. The Morgan fingerprint density at radius 3 is 2.33 bits per heavy atom. The second-order valence-electron chi connectivity index (χ2n) is 4.21. The van der Waals surface area contributed by atoms with Crippen LogP contribution < -0.4 is 11.3 Å². The number of aryl methyl sites for hydroxylation is 1. The number of nitrogens with one attached hydrogen (secondary N) is 1. The van der Waals surface area contributed by atoms with Gasteiger partial charge in [-0.15, -0.1) is 0 Å². The van der Waals surface area contributed by atoms with E-state index >= 15 is 0 Å². The van der Waals surface area contributed by atoms with Gasteiger partial charge in [0.1, 0.15) is 0 Å². The highest BCUT2D eigenvalue weighted by atomic mass is 79.9. The van der Waals surface area contributed by atoms with Crippen LogP contribution in [0.2, 0.25) is 5.02 Å². The van der Waals surface area contributed by atoms with Gasteiger partial charge in [0.2, 0.25) is 0 Å². The summed E-state index contributed by atoms with van der Waals surface area (Å²) in [5.41, 5.74) is 6.19. The van der Waals surface area contributed by atoms with Gasteiger partial charge in [0.15, 0.2) is 0 Å². The Kier molecular flexibility index (Phi) is 4.40. The van der Waals surface area contributed by atoms with Crippen molar-refractivity contribution in [1.82, 2.24) is 5.43 Å². The van der Waals surface area contributed by atoms with Gasteiger partial charge in [-0.1, -0.05) is 57.4 Å². The molecule has 0 spiro atoms. The highest BCUT2D eigenvalue weighted by Gasteiger charge is 2.13. The van der Waals surface area contributed by atoms with Crippen molar-refractivity contribution in [3.63, 3.8) is 0 Å². The third-order valence-corrected chi connectivity index (χ3v) is 3.47. The van der Waals surface area contributed by atoms with Gasteiger partial charge in [0.25, 0.3) is 0 Å². The molecule has 0 saturated heterocycles. The van der Waals surface area contributed by atoms with E-state index in [0.717, 1.165) is 15.6 Å². The summed E-state index contributed by atoms with van der Waals surface area (Å²) in [4.78, 5) is 0. The van der Waals surface area contributed by atoms with E-state index in [1.165, 1.54) is 5.56 Å². The topological polar surface area (TPSA) is 38.0 Å². The fourth-order valence-electron chi connectivity index (χ4n) is 1.89.